The first-order valence-corrected chi connectivity index (χ1v) is 9.00. The Bertz CT molecular complexity index is 1160. The van der Waals surface area contributed by atoms with Crippen LogP contribution in [0, 0.1) is 0 Å². The monoisotopic (exact) mass is 370 g/mol. The quantitative estimate of drug-likeness (QED) is 0.722. The van der Waals surface area contributed by atoms with Crippen molar-refractivity contribution in [1.29, 1.82) is 0 Å². The van der Waals surface area contributed by atoms with Crippen LogP contribution in [0.4, 0.5) is 5.82 Å². The van der Waals surface area contributed by atoms with Gasteiger partial charge in [0, 0.05) is 38.8 Å². The van der Waals surface area contributed by atoms with Gasteiger partial charge >= 0.3 is 5.69 Å². The Morgan fingerprint density at radius 1 is 1.11 bits per heavy atom. The highest BCUT2D eigenvalue weighted by molar-refractivity contribution is 6.05. The van der Waals surface area contributed by atoms with Crippen LogP contribution < -0.4 is 16.6 Å². The molecule has 0 bridgehead atoms. The van der Waals surface area contributed by atoms with Crippen LogP contribution in [-0.2, 0) is 21.1 Å². The Morgan fingerprint density at radius 3 is 2.52 bits per heavy atom. The van der Waals surface area contributed by atoms with Gasteiger partial charge in [-0.05, 0) is 18.9 Å². The lowest BCUT2D eigenvalue weighted by molar-refractivity contribution is 0.101. The van der Waals surface area contributed by atoms with Crippen molar-refractivity contribution in [3.63, 3.8) is 0 Å². The second kappa shape index (κ2) is 6.26. The van der Waals surface area contributed by atoms with Crippen molar-refractivity contribution in [2.45, 2.75) is 31.6 Å². The lowest BCUT2D eigenvalue weighted by atomic mass is 10.0. The zero-order chi connectivity index (χ0) is 19.3. The molecule has 1 aliphatic carbocycles. The maximum Gasteiger partial charge on any atom is 0.332 e. The van der Waals surface area contributed by atoms with Gasteiger partial charge in [0.05, 0.1) is 5.39 Å². The molecule has 0 aliphatic heterocycles. The van der Waals surface area contributed by atoms with E-state index >= 15 is 0 Å². The topological polar surface area (TPSA) is 107 Å². The molecule has 0 atom stereocenters. The predicted molar refractivity (Wildman–Crippen MR) is 101 cm³/mol. The van der Waals surface area contributed by atoms with E-state index in [0.717, 1.165) is 23.1 Å². The number of carbonyl (C=O) groups excluding carboxylic acids is 1. The molecule has 0 radical (unpaired) electrons. The molecule has 1 saturated carbocycles. The lowest BCUT2D eigenvalue weighted by Crippen LogP contribution is -2.37. The van der Waals surface area contributed by atoms with Gasteiger partial charge in [-0.3, -0.25) is 23.8 Å². The Kier molecular flexibility index (Phi) is 4.01. The van der Waals surface area contributed by atoms with E-state index in [9.17, 15) is 14.4 Å². The number of rotatable bonds is 3. The second-order valence-corrected chi connectivity index (χ2v) is 7.18. The smallest absolute Gasteiger partial charge is 0.325 e. The number of aromatic amines is 1. The summed E-state index contributed by atoms with van der Waals surface area (Å²) < 4.78 is 3.95. The van der Waals surface area contributed by atoms with Gasteiger partial charge in [0.15, 0.2) is 5.82 Å². The summed E-state index contributed by atoms with van der Waals surface area (Å²) >= 11 is 0. The third-order valence-corrected chi connectivity index (χ3v) is 5.49. The second-order valence-electron chi connectivity index (χ2n) is 7.18. The maximum absolute atomic E-state index is 12.7. The van der Waals surface area contributed by atoms with Crippen LogP contribution in [-0.4, -0.2) is 29.8 Å². The summed E-state index contributed by atoms with van der Waals surface area (Å²) in [6, 6.07) is 3.38. The highest BCUT2D eigenvalue weighted by atomic mass is 16.2. The average molecular weight is 370 g/mol. The highest BCUT2D eigenvalue weighted by Gasteiger charge is 2.22. The SMILES string of the molecule is Cn1c(=O)c2cc(C(=O)Nc3cc(C4CCCC4)[nH]n3)n(C)c2n(C)c1=O. The van der Waals surface area contributed by atoms with Crippen molar-refractivity contribution in [3.8, 4) is 0 Å². The molecule has 0 unspecified atom stereocenters. The zero-order valence-electron chi connectivity index (χ0n) is 15.6. The van der Waals surface area contributed by atoms with E-state index < -0.39 is 11.2 Å². The molecular formula is C18H22N6O3. The van der Waals surface area contributed by atoms with E-state index in [2.05, 4.69) is 15.5 Å². The van der Waals surface area contributed by atoms with Crippen LogP contribution in [0.1, 0.15) is 47.8 Å². The summed E-state index contributed by atoms with van der Waals surface area (Å²) in [7, 11) is 4.66. The van der Waals surface area contributed by atoms with Crippen LogP contribution in [0.5, 0.6) is 0 Å². The van der Waals surface area contributed by atoms with Crippen molar-refractivity contribution < 1.29 is 4.79 Å². The van der Waals surface area contributed by atoms with Crippen LogP contribution in [0.3, 0.4) is 0 Å². The molecule has 3 heterocycles. The number of hydrogen-bond acceptors (Lipinski definition) is 4. The number of carbonyl (C=O) groups is 1. The Morgan fingerprint density at radius 2 is 1.81 bits per heavy atom. The summed E-state index contributed by atoms with van der Waals surface area (Å²) in [6.07, 6.45) is 4.70. The van der Waals surface area contributed by atoms with Crippen LogP contribution >= 0.6 is 0 Å². The number of nitrogens with one attached hydrogen (secondary N) is 2. The van der Waals surface area contributed by atoms with Gasteiger partial charge in [0.1, 0.15) is 11.3 Å². The van der Waals surface area contributed by atoms with E-state index in [4.69, 9.17) is 0 Å². The summed E-state index contributed by atoms with van der Waals surface area (Å²) in [6.45, 7) is 0. The number of hydrogen-bond donors (Lipinski definition) is 2. The minimum Gasteiger partial charge on any atom is -0.325 e. The van der Waals surface area contributed by atoms with Gasteiger partial charge in [-0.1, -0.05) is 12.8 Å². The molecule has 0 saturated heterocycles. The van der Waals surface area contributed by atoms with Gasteiger partial charge in [0.2, 0.25) is 0 Å². The van der Waals surface area contributed by atoms with Gasteiger partial charge in [-0.2, -0.15) is 5.10 Å². The van der Waals surface area contributed by atoms with Crippen molar-refractivity contribution >= 4 is 22.8 Å². The van der Waals surface area contributed by atoms with E-state index in [0.29, 0.717) is 22.8 Å². The molecule has 3 aromatic heterocycles. The van der Waals surface area contributed by atoms with Gasteiger partial charge in [-0.25, -0.2) is 4.79 Å². The van der Waals surface area contributed by atoms with Gasteiger partial charge < -0.3 is 9.88 Å². The molecule has 1 amide bonds. The van der Waals surface area contributed by atoms with Crippen LogP contribution in [0.25, 0.3) is 11.0 Å². The molecule has 27 heavy (non-hydrogen) atoms. The van der Waals surface area contributed by atoms with Crippen molar-refractivity contribution in [2.24, 2.45) is 21.1 Å². The molecule has 1 fully saturated rings. The molecule has 9 heteroatoms. The molecule has 0 spiro atoms. The van der Waals surface area contributed by atoms with Crippen molar-refractivity contribution in [3.05, 3.63) is 44.4 Å². The Hall–Kier alpha value is -3.10. The van der Waals surface area contributed by atoms with E-state index in [1.165, 1.54) is 30.5 Å². The number of amides is 1. The summed E-state index contributed by atoms with van der Waals surface area (Å²) in [5, 5.41) is 10.3. The summed E-state index contributed by atoms with van der Waals surface area (Å²) in [5.41, 5.74) is 0.868. The normalized spacial score (nSPS) is 14.9. The molecule has 4 rings (SSSR count). The molecule has 9 nitrogen and oxygen atoms in total. The largest absolute Gasteiger partial charge is 0.332 e. The van der Waals surface area contributed by atoms with Crippen LogP contribution in [0.15, 0.2) is 21.7 Å². The number of aromatic nitrogens is 5. The summed E-state index contributed by atoms with van der Waals surface area (Å²) in [5.74, 6) is 0.542. The number of aryl methyl sites for hydroxylation is 2. The first-order valence-electron chi connectivity index (χ1n) is 9.00. The third kappa shape index (κ3) is 2.70. The zero-order valence-corrected chi connectivity index (χ0v) is 15.6. The lowest BCUT2D eigenvalue weighted by Gasteiger charge is -2.07. The number of H-pyrrole nitrogens is 1. The number of nitrogens with zero attached hydrogens (tertiary/aromatic N) is 4. The maximum atomic E-state index is 12.7. The van der Waals surface area contributed by atoms with Crippen molar-refractivity contribution in [1.82, 2.24) is 23.9 Å². The van der Waals surface area contributed by atoms with Gasteiger partial charge in [-0.15, -0.1) is 0 Å². The fraction of sp³-hybridized carbons (Fsp3) is 0.444. The predicted octanol–water partition coefficient (Wildman–Crippen LogP) is 1.21. The van der Waals surface area contributed by atoms with Gasteiger partial charge in [0.25, 0.3) is 11.5 Å². The van der Waals surface area contributed by atoms with Crippen LogP contribution in [0.2, 0.25) is 0 Å². The number of fused-ring (bicyclic) bond motifs is 1. The minimum absolute atomic E-state index is 0.286. The first kappa shape index (κ1) is 17.3. The summed E-state index contributed by atoms with van der Waals surface area (Å²) in [4.78, 5) is 37.3. The molecular weight excluding hydrogens is 348 g/mol. The van der Waals surface area contributed by atoms with E-state index in [-0.39, 0.29) is 11.6 Å². The molecule has 2 N–H and O–H groups in total. The fourth-order valence-corrected chi connectivity index (χ4v) is 3.98. The highest BCUT2D eigenvalue weighted by Crippen LogP contribution is 2.33. The average Bonchev–Trinajstić information content (AvgIpc) is 3.37. The van der Waals surface area contributed by atoms with E-state index in [1.54, 1.807) is 18.7 Å². The van der Waals surface area contributed by atoms with Crippen molar-refractivity contribution in [2.75, 3.05) is 5.32 Å². The Balaban J connectivity index is 1.68. The Labute approximate surface area is 154 Å². The fourth-order valence-electron chi connectivity index (χ4n) is 3.98. The third-order valence-electron chi connectivity index (χ3n) is 5.49. The molecule has 142 valence electrons. The first-order chi connectivity index (χ1) is 12.9. The molecule has 1 aliphatic rings. The molecule has 0 aromatic carbocycles. The standard InChI is InChI=1S/C18H22N6O3/c1-22-13(8-11-16(22)23(2)18(27)24(3)17(11)26)15(25)19-14-9-12(20-21-14)10-6-4-5-7-10/h8-10H,4-7H2,1-3H3,(H2,19,20,21,25). The molecule has 3 aromatic rings. The minimum atomic E-state index is -0.436. The number of anilines is 1. The van der Waals surface area contributed by atoms with E-state index in [1.807, 2.05) is 6.07 Å².